The van der Waals surface area contributed by atoms with Gasteiger partial charge in [-0.3, -0.25) is 9.59 Å². The number of carbonyl (C=O) groups excluding carboxylic acids is 2. The highest BCUT2D eigenvalue weighted by atomic mass is 19.1. The monoisotopic (exact) mass is 264 g/mol. The zero-order valence-corrected chi connectivity index (χ0v) is 11.0. The maximum atomic E-state index is 12.8. The molecule has 1 atom stereocenters. The van der Waals surface area contributed by atoms with E-state index in [1.54, 1.807) is 17.0 Å². The van der Waals surface area contributed by atoms with E-state index in [9.17, 15) is 14.0 Å². The molecule has 2 rings (SSSR count). The quantitative estimate of drug-likeness (QED) is 0.903. The third-order valence-electron chi connectivity index (χ3n) is 3.13. The van der Waals surface area contributed by atoms with Crippen molar-refractivity contribution in [2.75, 3.05) is 11.4 Å². The predicted molar refractivity (Wildman–Crippen MR) is 70.1 cm³/mol. The SMILES string of the molecule is CC(C)C(=O)NC1CC(=O)N(c2ccc(F)cc2)C1. The van der Waals surface area contributed by atoms with Crippen LogP contribution in [0.5, 0.6) is 0 Å². The zero-order chi connectivity index (χ0) is 14.0. The molecule has 1 saturated heterocycles. The van der Waals surface area contributed by atoms with Gasteiger partial charge in [0.05, 0.1) is 6.04 Å². The van der Waals surface area contributed by atoms with Crippen molar-refractivity contribution in [1.29, 1.82) is 0 Å². The average molecular weight is 264 g/mol. The van der Waals surface area contributed by atoms with Crippen LogP contribution in [0.1, 0.15) is 20.3 Å². The Labute approximate surface area is 111 Å². The first-order valence-electron chi connectivity index (χ1n) is 6.33. The highest BCUT2D eigenvalue weighted by molar-refractivity contribution is 5.96. The van der Waals surface area contributed by atoms with Crippen LogP contribution in [0.3, 0.4) is 0 Å². The Bertz CT molecular complexity index is 485. The molecular weight excluding hydrogens is 247 g/mol. The van der Waals surface area contributed by atoms with Gasteiger partial charge in [-0.15, -0.1) is 0 Å². The number of rotatable bonds is 3. The first-order valence-corrected chi connectivity index (χ1v) is 6.33. The minimum absolute atomic E-state index is 0.0549. The van der Waals surface area contributed by atoms with Gasteiger partial charge in [-0.1, -0.05) is 13.8 Å². The molecule has 1 aromatic carbocycles. The first kappa shape index (κ1) is 13.5. The Morgan fingerprint density at radius 1 is 1.37 bits per heavy atom. The third-order valence-corrected chi connectivity index (χ3v) is 3.13. The summed E-state index contributed by atoms with van der Waals surface area (Å²) >= 11 is 0. The maximum absolute atomic E-state index is 12.8. The smallest absolute Gasteiger partial charge is 0.229 e. The van der Waals surface area contributed by atoms with Crippen LogP contribution in [0, 0.1) is 11.7 Å². The molecule has 1 aromatic rings. The summed E-state index contributed by atoms with van der Waals surface area (Å²) in [6.45, 7) is 4.05. The van der Waals surface area contributed by atoms with Crippen LogP contribution in [0.2, 0.25) is 0 Å². The summed E-state index contributed by atoms with van der Waals surface area (Å²) in [6.07, 6.45) is 0.288. The molecule has 0 radical (unpaired) electrons. The van der Waals surface area contributed by atoms with E-state index in [0.29, 0.717) is 12.2 Å². The van der Waals surface area contributed by atoms with E-state index in [2.05, 4.69) is 5.32 Å². The van der Waals surface area contributed by atoms with E-state index in [1.165, 1.54) is 12.1 Å². The van der Waals surface area contributed by atoms with E-state index >= 15 is 0 Å². The second kappa shape index (κ2) is 5.38. The highest BCUT2D eigenvalue weighted by Gasteiger charge is 2.31. The van der Waals surface area contributed by atoms with Crippen LogP contribution in [0.25, 0.3) is 0 Å². The topological polar surface area (TPSA) is 49.4 Å². The molecule has 1 N–H and O–H groups in total. The van der Waals surface area contributed by atoms with Gasteiger partial charge in [0.25, 0.3) is 0 Å². The van der Waals surface area contributed by atoms with Crippen LogP contribution in [-0.2, 0) is 9.59 Å². The summed E-state index contributed by atoms with van der Waals surface area (Å²) in [7, 11) is 0. The molecule has 1 unspecified atom stereocenters. The predicted octanol–water partition coefficient (Wildman–Crippen LogP) is 1.70. The number of amides is 2. The molecule has 0 bridgehead atoms. The standard InChI is InChI=1S/C14H17FN2O2/c1-9(2)14(19)16-11-7-13(18)17(8-11)12-5-3-10(15)4-6-12/h3-6,9,11H,7-8H2,1-2H3,(H,16,19). The normalized spacial score (nSPS) is 19.1. The summed E-state index contributed by atoms with van der Waals surface area (Å²) in [5.41, 5.74) is 0.660. The Balaban J connectivity index is 2.03. The van der Waals surface area contributed by atoms with Crippen molar-refractivity contribution in [1.82, 2.24) is 5.32 Å². The van der Waals surface area contributed by atoms with Gasteiger partial charge in [-0.05, 0) is 24.3 Å². The van der Waals surface area contributed by atoms with E-state index in [4.69, 9.17) is 0 Å². The minimum atomic E-state index is -0.333. The molecule has 1 aliphatic rings. The van der Waals surface area contributed by atoms with Crippen molar-refractivity contribution < 1.29 is 14.0 Å². The lowest BCUT2D eigenvalue weighted by Crippen LogP contribution is -2.39. The summed E-state index contributed by atoms with van der Waals surface area (Å²) in [5, 5.41) is 2.84. The van der Waals surface area contributed by atoms with Crippen LogP contribution in [-0.4, -0.2) is 24.4 Å². The summed E-state index contributed by atoms with van der Waals surface area (Å²) in [4.78, 5) is 25.1. The van der Waals surface area contributed by atoms with Crippen molar-refractivity contribution in [3.05, 3.63) is 30.1 Å². The summed E-state index contributed by atoms with van der Waals surface area (Å²) in [6, 6.07) is 5.61. The van der Waals surface area contributed by atoms with Gasteiger partial charge in [-0.2, -0.15) is 0 Å². The number of hydrogen-bond donors (Lipinski definition) is 1. The molecule has 5 heteroatoms. The fraction of sp³-hybridized carbons (Fsp3) is 0.429. The fourth-order valence-electron chi connectivity index (χ4n) is 2.04. The van der Waals surface area contributed by atoms with Crippen molar-refractivity contribution in [3.63, 3.8) is 0 Å². The molecule has 0 spiro atoms. The fourth-order valence-corrected chi connectivity index (χ4v) is 2.04. The molecule has 1 aliphatic heterocycles. The number of halogens is 1. The lowest BCUT2D eigenvalue weighted by molar-refractivity contribution is -0.124. The van der Waals surface area contributed by atoms with Gasteiger partial charge >= 0.3 is 0 Å². The Kier molecular flexibility index (Phi) is 3.83. The molecule has 19 heavy (non-hydrogen) atoms. The van der Waals surface area contributed by atoms with Crippen molar-refractivity contribution >= 4 is 17.5 Å². The lowest BCUT2D eigenvalue weighted by Gasteiger charge is -2.17. The molecule has 0 aliphatic carbocycles. The molecular formula is C14H17FN2O2. The van der Waals surface area contributed by atoms with Crippen LogP contribution >= 0.6 is 0 Å². The van der Waals surface area contributed by atoms with E-state index in [1.807, 2.05) is 13.8 Å². The number of benzene rings is 1. The largest absolute Gasteiger partial charge is 0.351 e. The third kappa shape index (κ3) is 3.10. The molecule has 2 amide bonds. The number of anilines is 1. The number of nitrogens with zero attached hydrogens (tertiary/aromatic N) is 1. The van der Waals surface area contributed by atoms with Gasteiger partial charge in [0, 0.05) is 24.6 Å². The van der Waals surface area contributed by atoms with Gasteiger partial charge < -0.3 is 10.2 Å². The van der Waals surface area contributed by atoms with Gasteiger partial charge in [0.15, 0.2) is 0 Å². The summed E-state index contributed by atoms with van der Waals surface area (Å²) < 4.78 is 12.8. The highest BCUT2D eigenvalue weighted by Crippen LogP contribution is 2.21. The molecule has 0 saturated carbocycles. The second-order valence-electron chi connectivity index (χ2n) is 5.05. The first-order chi connectivity index (χ1) is 8.97. The van der Waals surface area contributed by atoms with Crippen LogP contribution in [0.4, 0.5) is 10.1 Å². The zero-order valence-electron chi connectivity index (χ0n) is 11.0. The Hall–Kier alpha value is -1.91. The van der Waals surface area contributed by atoms with Crippen molar-refractivity contribution in [3.8, 4) is 0 Å². The van der Waals surface area contributed by atoms with Crippen molar-refractivity contribution in [2.24, 2.45) is 5.92 Å². The van der Waals surface area contributed by atoms with Gasteiger partial charge in [0.2, 0.25) is 11.8 Å². The van der Waals surface area contributed by atoms with Crippen LogP contribution < -0.4 is 10.2 Å². The number of carbonyl (C=O) groups is 2. The lowest BCUT2D eigenvalue weighted by atomic mass is 10.2. The molecule has 1 heterocycles. The number of hydrogen-bond acceptors (Lipinski definition) is 2. The van der Waals surface area contributed by atoms with E-state index < -0.39 is 0 Å². The minimum Gasteiger partial charge on any atom is -0.351 e. The van der Waals surface area contributed by atoms with Crippen LogP contribution in [0.15, 0.2) is 24.3 Å². The van der Waals surface area contributed by atoms with E-state index in [0.717, 1.165) is 0 Å². The number of nitrogens with one attached hydrogen (secondary N) is 1. The molecule has 1 fully saturated rings. The molecule has 4 nitrogen and oxygen atoms in total. The van der Waals surface area contributed by atoms with E-state index in [-0.39, 0.29) is 36.0 Å². The summed E-state index contributed by atoms with van der Waals surface area (Å²) in [5.74, 6) is -0.547. The second-order valence-corrected chi connectivity index (χ2v) is 5.05. The Morgan fingerprint density at radius 2 is 2.00 bits per heavy atom. The average Bonchev–Trinajstić information content (AvgIpc) is 2.71. The Morgan fingerprint density at radius 3 is 2.58 bits per heavy atom. The van der Waals surface area contributed by atoms with Crippen molar-refractivity contribution in [2.45, 2.75) is 26.3 Å². The molecule has 0 aromatic heterocycles. The maximum Gasteiger partial charge on any atom is 0.229 e. The molecule has 102 valence electrons. The van der Waals surface area contributed by atoms with Gasteiger partial charge in [-0.25, -0.2) is 4.39 Å². The van der Waals surface area contributed by atoms with Gasteiger partial charge in [0.1, 0.15) is 5.82 Å².